The van der Waals surface area contributed by atoms with E-state index in [1.54, 1.807) is 18.2 Å². The third-order valence-electron chi connectivity index (χ3n) is 1.49. The molecule has 12 heavy (non-hydrogen) atoms. The molecule has 4 heteroatoms. The van der Waals surface area contributed by atoms with Gasteiger partial charge in [0.15, 0.2) is 0 Å². The first-order valence-electron chi connectivity index (χ1n) is 3.35. The van der Waals surface area contributed by atoms with E-state index in [9.17, 15) is 4.79 Å². The van der Waals surface area contributed by atoms with Crippen LogP contribution in [0.25, 0.3) is 0 Å². The van der Waals surface area contributed by atoms with E-state index in [4.69, 9.17) is 22.4 Å². The molecular formula is C8H8ClNO2. The molecule has 0 saturated heterocycles. The molecule has 0 saturated carbocycles. The van der Waals surface area contributed by atoms with Gasteiger partial charge in [0.2, 0.25) is 0 Å². The van der Waals surface area contributed by atoms with E-state index < -0.39 is 11.5 Å². The predicted octanol–water partition coefficient (Wildman–Crippen LogP) is 1.58. The number of rotatable bonds is 2. The molecule has 0 radical (unpaired) electrons. The molecule has 1 aromatic carbocycles. The van der Waals surface area contributed by atoms with Crippen LogP contribution in [0.4, 0.5) is 0 Å². The first-order chi connectivity index (χ1) is 5.63. The van der Waals surface area contributed by atoms with Gasteiger partial charge in [-0.1, -0.05) is 18.2 Å². The quantitative estimate of drug-likeness (QED) is 0.543. The van der Waals surface area contributed by atoms with Gasteiger partial charge in [0.25, 0.3) is 0 Å². The zero-order valence-corrected chi connectivity index (χ0v) is 6.95. The molecule has 1 atom stereocenters. The molecule has 3 N–H and O–H groups in total. The van der Waals surface area contributed by atoms with Gasteiger partial charge in [-0.15, -0.1) is 11.6 Å². The third kappa shape index (κ3) is 1.75. The average Bonchev–Trinajstić information content (AvgIpc) is 2.04. The molecule has 1 unspecified atom stereocenters. The Labute approximate surface area is 74.8 Å². The monoisotopic (exact) mass is 185 g/mol. The highest BCUT2D eigenvalue weighted by Gasteiger charge is 2.12. The molecule has 0 aromatic heterocycles. The van der Waals surface area contributed by atoms with Crippen LogP contribution in [0.2, 0.25) is 0 Å². The van der Waals surface area contributed by atoms with Gasteiger partial charge >= 0.3 is 5.97 Å². The molecule has 3 nitrogen and oxygen atoms in total. The summed E-state index contributed by atoms with van der Waals surface area (Å²) < 4.78 is 0. The molecular weight excluding hydrogens is 178 g/mol. The number of alkyl halides is 1. The number of carbonyl (C=O) groups is 1. The number of aromatic carboxylic acids is 1. The van der Waals surface area contributed by atoms with Crippen LogP contribution in [0.3, 0.4) is 0 Å². The van der Waals surface area contributed by atoms with E-state index in [2.05, 4.69) is 0 Å². The fourth-order valence-corrected chi connectivity index (χ4v) is 1.12. The smallest absolute Gasteiger partial charge is 0.336 e. The molecule has 0 fully saturated rings. The van der Waals surface area contributed by atoms with Gasteiger partial charge in [0.1, 0.15) is 5.50 Å². The van der Waals surface area contributed by atoms with Crippen LogP contribution < -0.4 is 5.73 Å². The van der Waals surface area contributed by atoms with Crippen molar-refractivity contribution in [1.29, 1.82) is 0 Å². The number of benzene rings is 1. The number of carboxylic acids is 1. The fourth-order valence-electron chi connectivity index (χ4n) is 0.932. The van der Waals surface area contributed by atoms with Gasteiger partial charge in [-0.05, 0) is 11.6 Å². The molecule has 0 amide bonds. The summed E-state index contributed by atoms with van der Waals surface area (Å²) >= 11 is 5.57. The summed E-state index contributed by atoms with van der Waals surface area (Å²) in [6.45, 7) is 0. The Morgan fingerprint density at radius 3 is 2.50 bits per heavy atom. The van der Waals surface area contributed by atoms with Gasteiger partial charge in [0.05, 0.1) is 5.56 Å². The van der Waals surface area contributed by atoms with E-state index in [1.165, 1.54) is 6.07 Å². The number of hydrogen-bond acceptors (Lipinski definition) is 2. The zero-order chi connectivity index (χ0) is 9.14. The second-order valence-electron chi connectivity index (χ2n) is 2.29. The summed E-state index contributed by atoms with van der Waals surface area (Å²) in [5, 5.41) is 8.70. The van der Waals surface area contributed by atoms with Crippen molar-refractivity contribution in [2.45, 2.75) is 5.50 Å². The highest BCUT2D eigenvalue weighted by Crippen LogP contribution is 2.18. The summed E-state index contributed by atoms with van der Waals surface area (Å²) in [5.74, 6) is -1.01. The van der Waals surface area contributed by atoms with E-state index in [0.29, 0.717) is 5.56 Å². The van der Waals surface area contributed by atoms with Crippen LogP contribution in [0.1, 0.15) is 21.4 Å². The fraction of sp³-hybridized carbons (Fsp3) is 0.125. The van der Waals surface area contributed by atoms with Crippen LogP contribution in [-0.2, 0) is 0 Å². The van der Waals surface area contributed by atoms with Gasteiger partial charge in [-0.25, -0.2) is 4.79 Å². The summed E-state index contributed by atoms with van der Waals surface area (Å²) in [6, 6.07) is 6.40. The number of hydrogen-bond donors (Lipinski definition) is 2. The predicted molar refractivity (Wildman–Crippen MR) is 46.2 cm³/mol. The molecule has 0 spiro atoms. The van der Waals surface area contributed by atoms with Crippen molar-refractivity contribution in [2.75, 3.05) is 0 Å². The second-order valence-corrected chi connectivity index (χ2v) is 2.76. The molecule has 1 rings (SSSR count). The summed E-state index contributed by atoms with van der Waals surface area (Å²) in [4.78, 5) is 10.6. The Morgan fingerprint density at radius 1 is 1.50 bits per heavy atom. The Balaban J connectivity index is 3.17. The Bertz CT molecular complexity index is 299. The van der Waals surface area contributed by atoms with Gasteiger partial charge in [0, 0.05) is 0 Å². The Morgan fingerprint density at radius 2 is 2.08 bits per heavy atom. The van der Waals surface area contributed by atoms with Crippen molar-refractivity contribution >= 4 is 17.6 Å². The normalized spacial score (nSPS) is 12.5. The van der Waals surface area contributed by atoms with Gasteiger partial charge in [-0.2, -0.15) is 0 Å². The van der Waals surface area contributed by atoms with E-state index in [-0.39, 0.29) is 5.56 Å². The molecule has 0 aliphatic rings. The summed E-state index contributed by atoms with van der Waals surface area (Å²) in [6.07, 6.45) is 0. The van der Waals surface area contributed by atoms with Crippen LogP contribution in [0.15, 0.2) is 24.3 Å². The summed E-state index contributed by atoms with van der Waals surface area (Å²) in [7, 11) is 0. The second kappa shape index (κ2) is 3.56. The van der Waals surface area contributed by atoms with Crippen molar-refractivity contribution in [2.24, 2.45) is 5.73 Å². The maximum absolute atomic E-state index is 10.6. The largest absolute Gasteiger partial charge is 0.478 e. The minimum atomic E-state index is -1.01. The molecule has 0 bridgehead atoms. The molecule has 64 valence electrons. The van der Waals surface area contributed by atoms with E-state index in [0.717, 1.165) is 0 Å². The van der Waals surface area contributed by atoms with Crippen molar-refractivity contribution in [1.82, 2.24) is 0 Å². The number of halogens is 1. The van der Waals surface area contributed by atoms with Crippen LogP contribution >= 0.6 is 11.6 Å². The van der Waals surface area contributed by atoms with E-state index >= 15 is 0 Å². The molecule has 1 aromatic rings. The van der Waals surface area contributed by atoms with Crippen LogP contribution in [0, 0.1) is 0 Å². The van der Waals surface area contributed by atoms with Crippen molar-refractivity contribution in [3.05, 3.63) is 35.4 Å². The first-order valence-corrected chi connectivity index (χ1v) is 3.78. The zero-order valence-electron chi connectivity index (χ0n) is 6.20. The van der Waals surface area contributed by atoms with Crippen molar-refractivity contribution < 1.29 is 9.90 Å². The topological polar surface area (TPSA) is 63.3 Å². The summed E-state index contributed by atoms with van der Waals surface area (Å²) in [5.41, 5.74) is 5.18. The molecule has 0 aliphatic carbocycles. The lowest BCUT2D eigenvalue weighted by Crippen LogP contribution is -2.09. The third-order valence-corrected chi connectivity index (χ3v) is 1.72. The molecule has 0 aliphatic heterocycles. The number of nitrogens with two attached hydrogens (primary N) is 1. The lowest BCUT2D eigenvalue weighted by Gasteiger charge is -2.06. The minimum Gasteiger partial charge on any atom is -0.478 e. The SMILES string of the molecule is NC(Cl)c1ccccc1C(=O)O. The lowest BCUT2D eigenvalue weighted by molar-refractivity contribution is 0.0695. The highest BCUT2D eigenvalue weighted by molar-refractivity contribution is 6.21. The Hall–Kier alpha value is -1.06. The lowest BCUT2D eigenvalue weighted by atomic mass is 10.1. The van der Waals surface area contributed by atoms with Crippen LogP contribution in [0.5, 0.6) is 0 Å². The molecule has 0 heterocycles. The van der Waals surface area contributed by atoms with E-state index in [1.807, 2.05) is 0 Å². The average molecular weight is 186 g/mol. The van der Waals surface area contributed by atoms with Gasteiger partial charge in [-0.3, -0.25) is 0 Å². The first kappa shape index (κ1) is 9.03. The Kier molecular flexibility index (Phi) is 2.68. The minimum absolute atomic E-state index is 0.153. The highest BCUT2D eigenvalue weighted by atomic mass is 35.5. The van der Waals surface area contributed by atoms with Crippen molar-refractivity contribution in [3.63, 3.8) is 0 Å². The maximum atomic E-state index is 10.6. The number of carboxylic acid groups (broad SMARTS) is 1. The van der Waals surface area contributed by atoms with Gasteiger partial charge < -0.3 is 10.8 Å². The van der Waals surface area contributed by atoms with Crippen LogP contribution in [-0.4, -0.2) is 11.1 Å². The maximum Gasteiger partial charge on any atom is 0.336 e. The standard InChI is InChI=1S/C8H8ClNO2/c9-7(10)5-3-1-2-4-6(5)8(11)12/h1-4,7H,10H2,(H,11,12). The van der Waals surface area contributed by atoms with Crippen molar-refractivity contribution in [3.8, 4) is 0 Å².